The molecule has 7 heteroatoms. The topological polar surface area (TPSA) is 81.0 Å². The average Bonchev–Trinajstić information content (AvgIpc) is 2.93. The molecule has 1 aromatic carbocycles. The molecule has 1 atom stereocenters. The van der Waals surface area contributed by atoms with Gasteiger partial charge in [-0.15, -0.1) is 11.3 Å². The number of rotatable bonds is 3. The summed E-state index contributed by atoms with van der Waals surface area (Å²) < 4.78 is 0. The molecular weight excluding hydrogens is 324 g/mol. The lowest BCUT2D eigenvalue weighted by molar-refractivity contribution is -0.384. The second-order valence-electron chi connectivity index (χ2n) is 6.19. The maximum absolute atomic E-state index is 11.0. The van der Waals surface area contributed by atoms with Crippen LogP contribution in [0.1, 0.15) is 23.8 Å². The summed E-state index contributed by atoms with van der Waals surface area (Å²) in [6.07, 6.45) is 4.84. The second-order valence-corrected chi connectivity index (χ2v) is 7.27. The van der Waals surface area contributed by atoms with E-state index in [1.165, 1.54) is 29.0 Å². The number of aryl methyl sites for hydroxylation is 1. The molecule has 0 bridgehead atoms. The van der Waals surface area contributed by atoms with Gasteiger partial charge < -0.3 is 5.32 Å². The highest BCUT2D eigenvalue weighted by atomic mass is 32.1. The van der Waals surface area contributed by atoms with Gasteiger partial charge in [0.15, 0.2) is 0 Å². The third-order valence-corrected chi connectivity index (χ3v) is 5.57. The van der Waals surface area contributed by atoms with E-state index in [0.717, 1.165) is 28.9 Å². The number of hydrogen-bond donors (Lipinski definition) is 1. The lowest BCUT2D eigenvalue weighted by Gasteiger charge is -2.18. The van der Waals surface area contributed by atoms with Gasteiger partial charge in [0.25, 0.3) is 5.69 Å². The lowest BCUT2D eigenvalue weighted by atomic mass is 9.89. The van der Waals surface area contributed by atoms with E-state index in [1.807, 2.05) is 6.07 Å². The summed E-state index contributed by atoms with van der Waals surface area (Å²) in [4.78, 5) is 21.7. The zero-order valence-electron chi connectivity index (χ0n) is 13.2. The van der Waals surface area contributed by atoms with Crippen molar-refractivity contribution in [3.63, 3.8) is 0 Å². The molecule has 0 aliphatic heterocycles. The SMILES string of the molecule is CC1CCc2c(sc3ncnc(Nc4cccc([N+](=O)[O-])c4)c23)C1. The third kappa shape index (κ3) is 2.60. The van der Waals surface area contributed by atoms with E-state index in [0.29, 0.717) is 11.6 Å². The van der Waals surface area contributed by atoms with Gasteiger partial charge in [0.1, 0.15) is 17.0 Å². The molecule has 6 nitrogen and oxygen atoms in total. The van der Waals surface area contributed by atoms with Crippen LogP contribution in [0.3, 0.4) is 0 Å². The Morgan fingerprint density at radius 1 is 1.38 bits per heavy atom. The maximum Gasteiger partial charge on any atom is 0.271 e. The Labute approximate surface area is 142 Å². The largest absolute Gasteiger partial charge is 0.339 e. The van der Waals surface area contributed by atoms with Crippen LogP contribution >= 0.6 is 11.3 Å². The van der Waals surface area contributed by atoms with Crippen LogP contribution in [0.5, 0.6) is 0 Å². The molecular formula is C17H16N4O2S. The van der Waals surface area contributed by atoms with E-state index >= 15 is 0 Å². The number of aromatic nitrogens is 2. The van der Waals surface area contributed by atoms with Crippen molar-refractivity contribution in [2.75, 3.05) is 5.32 Å². The van der Waals surface area contributed by atoms with Crippen LogP contribution in [0.15, 0.2) is 30.6 Å². The number of thiophene rings is 1. The summed E-state index contributed by atoms with van der Waals surface area (Å²) in [6, 6.07) is 6.48. The molecule has 0 spiro atoms. The first-order valence-electron chi connectivity index (χ1n) is 7.88. The van der Waals surface area contributed by atoms with Crippen molar-refractivity contribution < 1.29 is 4.92 Å². The summed E-state index contributed by atoms with van der Waals surface area (Å²) in [6.45, 7) is 2.28. The number of non-ortho nitro benzene ring substituents is 1. The molecule has 2 aromatic heterocycles. The van der Waals surface area contributed by atoms with Crippen molar-refractivity contribution in [2.24, 2.45) is 5.92 Å². The standard InChI is InChI=1S/C17H16N4O2S/c1-10-5-6-13-14(7-10)24-17-15(13)16(18-9-19-17)20-11-3-2-4-12(8-11)21(22)23/h2-4,8-10H,5-7H2,1H3,(H,18,19,20). The van der Waals surface area contributed by atoms with E-state index in [2.05, 4.69) is 22.2 Å². The van der Waals surface area contributed by atoms with Gasteiger partial charge in [0.05, 0.1) is 10.3 Å². The molecule has 1 N–H and O–H groups in total. The van der Waals surface area contributed by atoms with Gasteiger partial charge >= 0.3 is 0 Å². The van der Waals surface area contributed by atoms with Gasteiger partial charge in [-0.2, -0.15) is 0 Å². The van der Waals surface area contributed by atoms with Gasteiger partial charge in [-0.1, -0.05) is 13.0 Å². The highest BCUT2D eigenvalue weighted by Crippen LogP contribution is 2.40. The smallest absolute Gasteiger partial charge is 0.271 e. The van der Waals surface area contributed by atoms with E-state index in [1.54, 1.807) is 23.7 Å². The Kier molecular flexibility index (Phi) is 3.65. The number of anilines is 2. The van der Waals surface area contributed by atoms with E-state index < -0.39 is 4.92 Å². The molecule has 0 saturated carbocycles. The van der Waals surface area contributed by atoms with Crippen LogP contribution < -0.4 is 5.32 Å². The predicted octanol–water partition coefficient (Wildman–Crippen LogP) is 4.47. The second kappa shape index (κ2) is 5.83. The number of nitrogens with one attached hydrogen (secondary N) is 1. The minimum absolute atomic E-state index is 0.0615. The molecule has 0 amide bonds. The minimum atomic E-state index is -0.394. The number of benzene rings is 1. The van der Waals surface area contributed by atoms with E-state index in [9.17, 15) is 10.1 Å². The van der Waals surface area contributed by atoms with Crippen LogP contribution in [-0.2, 0) is 12.8 Å². The van der Waals surface area contributed by atoms with Gasteiger partial charge in [-0.3, -0.25) is 10.1 Å². The molecule has 24 heavy (non-hydrogen) atoms. The fraction of sp³-hybridized carbons (Fsp3) is 0.294. The van der Waals surface area contributed by atoms with Crippen LogP contribution in [0.25, 0.3) is 10.2 Å². The fourth-order valence-electron chi connectivity index (χ4n) is 3.20. The molecule has 1 aliphatic carbocycles. The van der Waals surface area contributed by atoms with Crippen LogP contribution in [0.2, 0.25) is 0 Å². The maximum atomic E-state index is 11.0. The average molecular weight is 340 g/mol. The van der Waals surface area contributed by atoms with E-state index in [-0.39, 0.29) is 5.69 Å². The first-order valence-corrected chi connectivity index (χ1v) is 8.70. The molecule has 1 unspecified atom stereocenters. The zero-order valence-corrected chi connectivity index (χ0v) is 14.0. The van der Waals surface area contributed by atoms with Crippen molar-refractivity contribution >= 4 is 38.7 Å². The number of nitro benzene ring substituents is 1. The van der Waals surface area contributed by atoms with Crippen molar-refractivity contribution in [1.82, 2.24) is 9.97 Å². The fourth-order valence-corrected chi connectivity index (χ4v) is 4.55. The molecule has 0 saturated heterocycles. The quantitative estimate of drug-likeness (QED) is 0.562. The predicted molar refractivity (Wildman–Crippen MR) is 95.0 cm³/mol. The highest BCUT2D eigenvalue weighted by Gasteiger charge is 2.23. The molecule has 4 rings (SSSR count). The van der Waals surface area contributed by atoms with Crippen molar-refractivity contribution in [3.8, 4) is 0 Å². The molecule has 0 radical (unpaired) electrons. The van der Waals surface area contributed by atoms with Crippen molar-refractivity contribution in [3.05, 3.63) is 51.1 Å². The summed E-state index contributed by atoms with van der Waals surface area (Å²) in [5.41, 5.74) is 2.06. The third-order valence-electron chi connectivity index (χ3n) is 4.41. The normalized spacial score (nSPS) is 16.8. The van der Waals surface area contributed by atoms with Gasteiger partial charge in [-0.25, -0.2) is 9.97 Å². The molecule has 1 aliphatic rings. The Bertz CT molecular complexity index is 937. The Hall–Kier alpha value is -2.54. The van der Waals surface area contributed by atoms with Gasteiger partial charge in [-0.05, 0) is 36.8 Å². The lowest BCUT2D eigenvalue weighted by Crippen LogP contribution is -2.09. The minimum Gasteiger partial charge on any atom is -0.339 e. The summed E-state index contributed by atoms with van der Waals surface area (Å²) >= 11 is 1.74. The van der Waals surface area contributed by atoms with Gasteiger partial charge in [0, 0.05) is 22.7 Å². The first kappa shape index (κ1) is 15.0. The zero-order chi connectivity index (χ0) is 16.7. The Balaban J connectivity index is 1.77. The van der Waals surface area contributed by atoms with Crippen LogP contribution in [0.4, 0.5) is 17.2 Å². The van der Waals surface area contributed by atoms with Crippen molar-refractivity contribution in [2.45, 2.75) is 26.2 Å². The molecule has 3 aromatic rings. The monoisotopic (exact) mass is 340 g/mol. The first-order chi connectivity index (χ1) is 11.6. The number of hydrogen-bond acceptors (Lipinski definition) is 6. The summed E-state index contributed by atoms with van der Waals surface area (Å²) in [5, 5.41) is 15.3. The Morgan fingerprint density at radius 3 is 3.08 bits per heavy atom. The number of nitro groups is 1. The molecule has 2 heterocycles. The van der Waals surface area contributed by atoms with E-state index in [4.69, 9.17) is 0 Å². The number of fused-ring (bicyclic) bond motifs is 3. The van der Waals surface area contributed by atoms with Crippen LogP contribution in [0, 0.1) is 16.0 Å². The summed E-state index contributed by atoms with van der Waals surface area (Å²) in [5.74, 6) is 1.43. The van der Waals surface area contributed by atoms with Gasteiger partial charge in [0.2, 0.25) is 0 Å². The Morgan fingerprint density at radius 2 is 2.25 bits per heavy atom. The summed E-state index contributed by atoms with van der Waals surface area (Å²) in [7, 11) is 0. The highest BCUT2D eigenvalue weighted by molar-refractivity contribution is 7.19. The van der Waals surface area contributed by atoms with Crippen molar-refractivity contribution in [1.29, 1.82) is 0 Å². The van der Waals surface area contributed by atoms with Crippen LogP contribution in [-0.4, -0.2) is 14.9 Å². The molecule has 0 fully saturated rings. The molecule has 122 valence electrons. The number of nitrogens with zero attached hydrogens (tertiary/aromatic N) is 3.